The van der Waals surface area contributed by atoms with Crippen molar-refractivity contribution < 1.29 is 9.18 Å². The summed E-state index contributed by atoms with van der Waals surface area (Å²) < 4.78 is 15.4. The molecule has 9 heteroatoms. The van der Waals surface area contributed by atoms with Crippen molar-refractivity contribution in [3.05, 3.63) is 28.3 Å². The van der Waals surface area contributed by atoms with Crippen LogP contribution in [-0.2, 0) is 13.6 Å². The first kappa shape index (κ1) is 16.8. The van der Waals surface area contributed by atoms with Gasteiger partial charge in [-0.25, -0.2) is 9.37 Å². The molecule has 2 N–H and O–H groups in total. The summed E-state index contributed by atoms with van der Waals surface area (Å²) >= 11 is 1.56. The molecule has 0 unspecified atom stereocenters. The van der Waals surface area contributed by atoms with Crippen LogP contribution < -0.4 is 5.73 Å². The minimum atomic E-state index is -0.873. The molecule has 0 spiro atoms. The van der Waals surface area contributed by atoms with Crippen molar-refractivity contribution in [3.63, 3.8) is 0 Å². The van der Waals surface area contributed by atoms with Gasteiger partial charge in [0.05, 0.1) is 12.7 Å². The van der Waals surface area contributed by atoms with Crippen LogP contribution in [0.2, 0.25) is 0 Å². The van der Waals surface area contributed by atoms with Crippen LogP contribution in [0.25, 0.3) is 0 Å². The minimum absolute atomic E-state index is 0.0317. The molecule has 1 amide bonds. The lowest BCUT2D eigenvalue weighted by atomic mass is 10.2. The summed E-state index contributed by atoms with van der Waals surface area (Å²) in [6, 6.07) is -0.0317. The number of halogens is 1. The van der Waals surface area contributed by atoms with E-state index in [4.69, 9.17) is 5.73 Å². The highest BCUT2D eigenvalue weighted by Gasteiger charge is 2.34. The van der Waals surface area contributed by atoms with Crippen LogP contribution in [0, 0.1) is 0 Å². The second kappa shape index (κ2) is 6.86. The van der Waals surface area contributed by atoms with Crippen LogP contribution >= 0.6 is 11.3 Å². The number of amides is 1. The monoisotopic (exact) mass is 352 g/mol. The molecule has 2 aromatic heterocycles. The Morgan fingerprint density at radius 3 is 3.00 bits per heavy atom. The van der Waals surface area contributed by atoms with Crippen LogP contribution in [0.1, 0.15) is 21.8 Å². The number of likely N-dealkylation sites (N-methyl/N-ethyl adjacent to an activating group) is 1. The molecule has 2 atom stereocenters. The average Bonchev–Trinajstić information content (AvgIpc) is 3.24. The van der Waals surface area contributed by atoms with Crippen molar-refractivity contribution in [3.8, 4) is 0 Å². The van der Waals surface area contributed by atoms with Gasteiger partial charge >= 0.3 is 0 Å². The van der Waals surface area contributed by atoms with E-state index in [1.165, 1.54) is 10.9 Å². The number of likely N-dealkylation sites (tertiary alicyclic amines) is 1. The van der Waals surface area contributed by atoms with Gasteiger partial charge in [0.25, 0.3) is 5.91 Å². The summed E-state index contributed by atoms with van der Waals surface area (Å²) in [7, 11) is 3.40. The molecule has 0 radical (unpaired) electrons. The van der Waals surface area contributed by atoms with E-state index in [9.17, 15) is 9.18 Å². The van der Waals surface area contributed by atoms with Gasteiger partial charge in [-0.1, -0.05) is 0 Å². The van der Waals surface area contributed by atoms with Gasteiger partial charge in [0.2, 0.25) is 0 Å². The van der Waals surface area contributed by atoms with E-state index in [0.29, 0.717) is 37.4 Å². The van der Waals surface area contributed by atoms with Gasteiger partial charge in [-0.2, -0.15) is 5.10 Å². The number of hydrogen-bond acceptors (Lipinski definition) is 6. The fraction of sp³-hybridized carbons (Fsp3) is 0.533. The molecule has 130 valence electrons. The van der Waals surface area contributed by atoms with Crippen molar-refractivity contribution in [2.75, 3.05) is 25.9 Å². The highest BCUT2D eigenvalue weighted by atomic mass is 32.1. The highest BCUT2D eigenvalue weighted by Crippen LogP contribution is 2.24. The number of anilines is 1. The normalized spacial score (nSPS) is 21.3. The number of hydrogen-bond donors (Lipinski definition) is 1. The van der Waals surface area contributed by atoms with Crippen molar-refractivity contribution in [1.29, 1.82) is 0 Å². The second-order valence-electron chi connectivity index (χ2n) is 6.09. The number of thiazole rings is 1. The van der Waals surface area contributed by atoms with Crippen molar-refractivity contribution >= 4 is 23.1 Å². The predicted octanol–water partition coefficient (Wildman–Crippen LogP) is 1.14. The van der Waals surface area contributed by atoms with Gasteiger partial charge in [-0.05, 0) is 6.42 Å². The van der Waals surface area contributed by atoms with Gasteiger partial charge in [-0.3, -0.25) is 14.4 Å². The lowest BCUT2D eigenvalue weighted by Gasteiger charge is -2.27. The van der Waals surface area contributed by atoms with Crippen LogP contribution in [0.15, 0.2) is 17.8 Å². The summed E-state index contributed by atoms with van der Waals surface area (Å²) in [5.41, 5.74) is 6.24. The molecule has 0 saturated carbocycles. The first-order valence-electron chi connectivity index (χ1n) is 7.75. The topological polar surface area (TPSA) is 80.3 Å². The zero-order valence-corrected chi connectivity index (χ0v) is 14.5. The van der Waals surface area contributed by atoms with Gasteiger partial charge in [0.1, 0.15) is 22.6 Å². The van der Waals surface area contributed by atoms with Gasteiger partial charge in [0, 0.05) is 44.8 Å². The number of aryl methyl sites for hydroxylation is 1. The lowest BCUT2D eigenvalue weighted by molar-refractivity contribution is 0.0750. The summed E-state index contributed by atoms with van der Waals surface area (Å²) in [6.45, 7) is 1.43. The maximum Gasteiger partial charge on any atom is 0.259 e. The van der Waals surface area contributed by atoms with E-state index >= 15 is 0 Å². The number of carbonyl (C=O) groups excluding carboxylic acids is 1. The van der Waals surface area contributed by atoms with Crippen molar-refractivity contribution in [1.82, 2.24) is 24.6 Å². The predicted molar refractivity (Wildman–Crippen MR) is 90.4 cm³/mol. The Hall–Kier alpha value is -2.00. The Balaban J connectivity index is 1.66. The lowest BCUT2D eigenvalue weighted by Crippen LogP contribution is -2.41. The van der Waals surface area contributed by atoms with Crippen LogP contribution in [0.5, 0.6) is 0 Å². The highest BCUT2D eigenvalue weighted by molar-refractivity contribution is 7.09. The number of nitrogen functional groups attached to an aromatic ring is 1. The van der Waals surface area contributed by atoms with E-state index in [2.05, 4.69) is 15.0 Å². The maximum absolute atomic E-state index is 13.9. The summed E-state index contributed by atoms with van der Waals surface area (Å²) in [5, 5.41) is 6.86. The first-order valence-corrected chi connectivity index (χ1v) is 8.63. The Morgan fingerprint density at radius 2 is 2.38 bits per heavy atom. The maximum atomic E-state index is 13.9. The molecule has 0 bridgehead atoms. The van der Waals surface area contributed by atoms with E-state index in [1.54, 1.807) is 36.5 Å². The Morgan fingerprint density at radius 1 is 1.58 bits per heavy atom. The molecule has 1 saturated heterocycles. The molecule has 0 aliphatic carbocycles. The Bertz CT molecular complexity index is 703. The summed E-state index contributed by atoms with van der Waals surface area (Å²) in [4.78, 5) is 20.4. The number of rotatable bonds is 5. The first-order chi connectivity index (χ1) is 11.5. The quantitative estimate of drug-likeness (QED) is 0.873. The smallest absolute Gasteiger partial charge is 0.259 e. The number of nitrogens with zero attached hydrogens (tertiary/aromatic N) is 5. The number of carbonyl (C=O) groups is 1. The van der Waals surface area contributed by atoms with E-state index < -0.39 is 6.17 Å². The zero-order chi connectivity index (χ0) is 17.3. The van der Waals surface area contributed by atoms with Crippen LogP contribution in [-0.4, -0.2) is 62.8 Å². The third-order valence-corrected chi connectivity index (χ3v) is 5.11. The molecule has 1 fully saturated rings. The van der Waals surface area contributed by atoms with Gasteiger partial charge in [-0.15, -0.1) is 11.3 Å². The average molecular weight is 352 g/mol. The van der Waals surface area contributed by atoms with Gasteiger partial charge in [0.15, 0.2) is 0 Å². The number of aromatic nitrogens is 3. The number of alkyl halides is 1. The summed E-state index contributed by atoms with van der Waals surface area (Å²) in [5.74, 6) is 0.137. The zero-order valence-electron chi connectivity index (χ0n) is 13.7. The fourth-order valence-corrected chi connectivity index (χ4v) is 3.67. The van der Waals surface area contributed by atoms with E-state index in [1.807, 2.05) is 5.38 Å². The molecule has 1 aliphatic heterocycles. The van der Waals surface area contributed by atoms with Crippen LogP contribution in [0.4, 0.5) is 10.2 Å². The van der Waals surface area contributed by atoms with E-state index in [-0.39, 0.29) is 11.9 Å². The molecule has 7 nitrogen and oxygen atoms in total. The van der Waals surface area contributed by atoms with Crippen LogP contribution in [0.3, 0.4) is 0 Å². The Labute approximate surface area is 143 Å². The standard InChI is InChI=1S/C15H21FN6OS/c1-20(15(23)12-6-19-21(2)14(12)17)8-11-5-10(16)7-22(11)9-13-18-3-4-24-13/h3-4,6,10-11H,5,7-9,17H2,1-2H3/t10-,11-/m0/s1. The third kappa shape index (κ3) is 3.41. The molecule has 3 heterocycles. The van der Waals surface area contributed by atoms with E-state index in [0.717, 1.165) is 5.01 Å². The molecule has 1 aliphatic rings. The molecule has 0 aromatic carbocycles. The molecular weight excluding hydrogens is 331 g/mol. The molecule has 3 rings (SSSR count). The summed E-state index contributed by atoms with van der Waals surface area (Å²) in [6.07, 6.45) is 2.76. The van der Waals surface area contributed by atoms with Crippen molar-refractivity contribution in [2.24, 2.45) is 7.05 Å². The molecule has 2 aromatic rings. The number of nitrogens with two attached hydrogens (primary N) is 1. The van der Waals surface area contributed by atoms with Crippen molar-refractivity contribution in [2.45, 2.75) is 25.2 Å². The largest absolute Gasteiger partial charge is 0.383 e. The molecule has 24 heavy (non-hydrogen) atoms. The fourth-order valence-electron chi connectivity index (χ4n) is 3.03. The Kier molecular flexibility index (Phi) is 4.81. The minimum Gasteiger partial charge on any atom is -0.383 e. The molecular formula is C15H21FN6OS. The second-order valence-corrected chi connectivity index (χ2v) is 7.07. The van der Waals surface area contributed by atoms with Gasteiger partial charge < -0.3 is 10.6 Å². The SMILES string of the molecule is CN(C[C@@H]1C[C@H](F)CN1Cc1nccs1)C(=O)c1cnn(C)c1N. The third-order valence-electron chi connectivity index (χ3n) is 4.35.